The minimum absolute atomic E-state index is 0.0439. The van der Waals surface area contributed by atoms with E-state index in [-0.39, 0.29) is 22.8 Å². The molecule has 1 unspecified atom stereocenters. The van der Waals surface area contributed by atoms with Crippen LogP contribution in [0.3, 0.4) is 0 Å². The van der Waals surface area contributed by atoms with Gasteiger partial charge < -0.3 is 10.1 Å². The van der Waals surface area contributed by atoms with E-state index in [0.29, 0.717) is 31.7 Å². The summed E-state index contributed by atoms with van der Waals surface area (Å²) in [5, 5.41) is 3.03. The maximum atomic E-state index is 12.7. The zero-order valence-electron chi connectivity index (χ0n) is 15.2. The van der Waals surface area contributed by atoms with E-state index >= 15 is 0 Å². The summed E-state index contributed by atoms with van der Waals surface area (Å²) in [5.41, 5.74) is 0. The van der Waals surface area contributed by atoms with Gasteiger partial charge in [-0.15, -0.1) is 0 Å². The molecule has 6 nitrogen and oxygen atoms in total. The molecule has 1 aromatic carbocycles. The molecule has 1 atom stereocenters. The van der Waals surface area contributed by atoms with Crippen LogP contribution in [0.2, 0.25) is 0 Å². The van der Waals surface area contributed by atoms with Crippen molar-refractivity contribution >= 4 is 15.9 Å². The Labute approximate surface area is 150 Å². The lowest BCUT2D eigenvalue weighted by molar-refractivity contribution is -0.126. The maximum Gasteiger partial charge on any atom is 0.243 e. The number of ether oxygens (including phenoxy) is 1. The molecule has 0 aliphatic carbocycles. The minimum atomic E-state index is -3.52. The van der Waals surface area contributed by atoms with Gasteiger partial charge in [-0.25, -0.2) is 8.42 Å². The van der Waals surface area contributed by atoms with Crippen LogP contribution in [-0.4, -0.2) is 44.9 Å². The molecular weight excluding hydrogens is 340 g/mol. The van der Waals surface area contributed by atoms with Gasteiger partial charge in [0.15, 0.2) is 0 Å². The Bertz CT molecular complexity index is 665. The van der Waals surface area contributed by atoms with Crippen molar-refractivity contribution in [3.05, 3.63) is 24.3 Å². The van der Waals surface area contributed by atoms with Crippen LogP contribution in [0.4, 0.5) is 0 Å². The van der Waals surface area contributed by atoms with Gasteiger partial charge in [0.05, 0.1) is 12.0 Å². The number of rotatable bonds is 7. The highest BCUT2D eigenvalue weighted by Crippen LogP contribution is 2.25. The average Bonchev–Trinajstić information content (AvgIpc) is 2.62. The Balaban J connectivity index is 1.95. The molecule has 1 heterocycles. The summed E-state index contributed by atoms with van der Waals surface area (Å²) in [4.78, 5) is 12.5. The van der Waals surface area contributed by atoms with Gasteiger partial charge in [0, 0.05) is 25.0 Å². The molecule has 1 aromatic rings. The predicted octanol–water partition coefficient (Wildman–Crippen LogP) is 2.40. The van der Waals surface area contributed by atoms with Crippen LogP contribution in [0.5, 0.6) is 5.75 Å². The van der Waals surface area contributed by atoms with Crippen molar-refractivity contribution in [3.8, 4) is 5.75 Å². The second-order valence-electron chi connectivity index (χ2n) is 6.55. The van der Waals surface area contributed by atoms with Gasteiger partial charge in [0.2, 0.25) is 15.9 Å². The fourth-order valence-electron chi connectivity index (χ4n) is 3.12. The molecular formula is C18H28N2O4S. The molecule has 0 aromatic heterocycles. The topological polar surface area (TPSA) is 75.7 Å². The van der Waals surface area contributed by atoms with Gasteiger partial charge in [-0.2, -0.15) is 4.31 Å². The Morgan fingerprint density at radius 2 is 1.88 bits per heavy atom. The Hall–Kier alpha value is -1.60. The summed E-state index contributed by atoms with van der Waals surface area (Å²) in [5.74, 6) is 0.555. The zero-order valence-corrected chi connectivity index (χ0v) is 16.0. The highest BCUT2D eigenvalue weighted by Gasteiger charge is 2.32. The predicted molar refractivity (Wildman–Crippen MR) is 97.0 cm³/mol. The number of nitrogens with one attached hydrogen (secondary N) is 1. The number of nitrogens with zero attached hydrogens (tertiary/aromatic N) is 1. The number of hydrogen-bond acceptors (Lipinski definition) is 4. The highest BCUT2D eigenvalue weighted by molar-refractivity contribution is 7.89. The van der Waals surface area contributed by atoms with Crippen molar-refractivity contribution in [3.63, 3.8) is 0 Å². The number of sulfonamides is 1. The maximum absolute atomic E-state index is 12.7. The lowest BCUT2D eigenvalue weighted by Crippen LogP contribution is -2.44. The van der Waals surface area contributed by atoms with Crippen LogP contribution in [0.15, 0.2) is 29.2 Å². The summed E-state index contributed by atoms with van der Waals surface area (Å²) in [7, 11) is -1.98. The van der Waals surface area contributed by atoms with Crippen LogP contribution < -0.4 is 10.1 Å². The molecule has 0 bridgehead atoms. The molecule has 0 saturated carbocycles. The molecule has 1 aliphatic rings. The molecule has 1 aliphatic heterocycles. The van der Waals surface area contributed by atoms with Gasteiger partial charge in [0.25, 0.3) is 0 Å². The van der Waals surface area contributed by atoms with Crippen LogP contribution in [-0.2, 0) is 14.8 Å². The SMILES string of the molecule is CCCC(C)NC(=O)C1CCN(S(=O)(=O)c2ccc(OC)cc2)CC1. The fourth-order valence-corrected chi connectivity index (χ4v) is 4.59. The van der Waals surface area contributed by atoms with Gasteiger partial charge in [-0.05, 0) is 50.5 Å². The number of benzene rings is 1. The number of amides is 1. The third-order valence-electron chi connectivity index (χ3n) is 4.63. The summed E-state index contributed by atoms with van der Waals surface area (Å²) in [6.45, 7) is 4.83. The third kappa shape index (κ3) is 4.95. The summed E-state index contributed by atoms with van der Waals surface area (Å²) >= 11 is 0. The molecule has 1 N–H and O–H groups in total. The van der Waals surface area contributed by atoms with Gasteiger partial charge >= 0.3 is 0 Å². The lowest BCUT2D eigenvalue weighted by atomic mass is 9.96. The van der Waals surface area contributed by atoms with E-state index in [1.807, 2.05) is 6.92 Å². The van der Waals surface area contributed by atoms with Crippen molar-refractivity contribution in [1.82, 2.24) is 9.62 Å². The quantitative estimate of drug-likeness (QED) is 0.802. The first kappa shape index (κ1) is 19.7. The smallest absolute Gasteiger partial charge is 0.243 e. The van der Waals surface area contributed by atoms with Gasteiger partial charge in [-0.1, -0.05) is 13.3 Å². The Kier molecular flexibility index (Phi) is 6.84. The van der Waals surface area contributed by atoms with E-state index in [1.54, 1.807) is 31.4 Å². The monoisotopic (exact) mass is 368 g/mol. The average molecular weight is 368 g/mol. The second-order valence-corrected chi connectivity index (χ2v) is 8.49. The summed E-state index contributed by atoms with van der Waals surface area (Å²) in [6, 6.07) is 6.56. The first-order valence-electron chi connectivity index (χ1n) is 8.83. The summed E-state index contributed by atoms with van der Waals surface area (Å²) < 4.78 is 32.0. The van der Waals surface area contributed by atoms with E-state index in [4.69, 9.17) is 4.74 Å². The van der Waals surface area contributed by atoms with Crippen molar-refractivity contribution in [1.29, 1.82) is 0 Å². The van der Waals surface area contributed by atoms with Crippen LogP contribution in [0, 0.1) is 5.92 Å². The molecule has 1 fully saturated rings. The normalized spacial score (nSPS) is 17.9. The molecule has 25 heavy (non-hydrogen) atoms. The largest absolute Gasteiger partial charge is 0.497 e. The molecule has 1 saturated heterocycles. The lowest BCUT2D eigenvalue weighted by Gasteiger charge is -2.31. The molecule has 140 valence electrons. The van der Waals surface area contributed by atoms with Crippen LogP contribution >= 0.6 is 0 Å². The first-order chi connectivity index (χ1) is 11.9. The summed E-state index contributed by atoms with van der Waals surface area (Å²) in [6.07, 6.45) is 3.09. The van der Waals surface area contributed by atoms with Crippen molar-refractivity contribution in [2.24, 2.45) is 5.92 Å². The number of hydrogen-bond donors (Lipinski definition) is 1. The van der Waals surface area contributed by atoms with E-state index in [9.17, 15) is 13.2 Å². The number of carbonyl (C=O) groups is 1. The highest BCUT2D eigenvalue weighted by atomic mass is 32.2. The Morgan fingerprint density at radius 3 is 2.40 bits per heavy atom. The van der Waals surface area contributed by atoms with Crippen molar-refractivity contribution < 1.29 is 17.9 Å². The second kappa shape index (κ2) is 8.67. The first-order valence-corrected chi connectivity index (χ1v) is 10.3. The molecule has 1 amide bonds. The van der Waals surface area contributed by atoms with Crippen molar-refractivity contribution in [2.45, 2.75) is 50.5 Å². The minimum Gasteiger partial charge on any atom is -0.497 e. The van der Waals surface area contributed by atoms with Crippen LogP contribution in [0.25, 0.3) is 0 Å². The van der Waals surface area contributed by atoms with Gasteiger partial charge in [0.1, 0.15) is 5.75 Å². The molecule has 0 spiro atoms. The van der Waals surface area contributed by atoms with E-state index in [1.165, 1.54) is 4.31 Å². The standard InChI is InChI=1S/C18H28N2O4S/c1-4-5-14(2)19-18(21)15-10-12-20(13-11-15)25(22,23)17-8-6-16(24-3)7-9-17/h6-9,14-15H,4-5,10-13H2,1-3H3,(H,19,21). The van der Waals surface area contributed by atoms with E-state index < -0.39 is 10.0 Å². The third-order valence-corrected chi connectivity index (χ3v) is 6.55. The zero-order chi connectivity index (χ0) is 18.4. The molecule has 7 heteroatoms. The fraction of sp³-hybridized carbons (Fsp3) is 0.611. The number of piperidine rings is 1. The number of carbonyl (C=O) groups excluding carboxylic acids is 1. The van der Waals surface area contributed by atoms with E-state index in [0.717, 1.165) is 12.8 Å². The number of methoxy groups -OCH3 is 1. The molecule has 2 rings (SSSR count). The van der Waals surface area contributed by atoms with E-state index in [2.05, 4.69) is 12.2 Å². The molecule has 0 radical (unpaired) electrons. The van der Waals surface area contributed by atoms with Crippen LogP contribution in [0.1, 0.15) is 39.5 Å². The van der Waals surface area contributed by atoms with Crippen molar-refractivity contribution in [2.75, 3.05) is 20.2 Å². The van der Waals surface area contributed by atoms with Gasteiger partial charge in [-0.3, -0.25) is 4.79 Å². The Morgan fingerprint density at radius 1 is 1.28 bits per heavy atom.